The monoisotopic (exact) mass is 370 g/mol. The molecule has 0 saturated carbocycles. The van der Waals surface area contributed by atoms with Gasteiger partial charge >= 0.3 is 0 Å². The van der Waals surface area contributed by atoms with Gasteiger partial charge in [0.25, 0.3) is 0 Å². The summed E-state index contributed by atoms with van der Waals surface area (Å²) in [5.41, 5.74) is 2.58. The molecule has 2 aliphatic heterocycles. The van der Waals surface area contributed by atoms with Crippen molar-refractivity contribution in [2.24, 2.45) is 0 Å². The predicted octanol–water partition coefficient (Wildman–Crippen LogP) is 1.56. The van der Waals surface area contributed by atoms with Crippen LogP contribution in [0.15, 0.2) is 10.6 Å². The lowest BCUT2D eigenvalue weighted by Crippen LogP contribution is -2.58. The number of hydrogen-bond acceptors (Lipinski definition) is 8. The number of rotatable bonds is 5. The molecule has 1 aliphatic carbocycles. The minimum Gasteiger partial charge on any atom is -0.381 e. The standard InChI is InChI=1S/C19H26N6O2/c1-24(11-17-20-19(27-23-17)14-6-7-26-12-14)15-9-25(10-15)18-8-13-4-2-3-5-16(13)21-22-18/h8,14-15H,2-7,9-12H2,1H3. The first kappa shape index (κ1) is 17.1. The number of ether oxygens (including phenoxy) is 1. The quantitative estimate of drug-likeness (QED) is 0.784. The van der Waals surface area contributed by atoms with Gasteiger partial charge in [-0.3, -0.25) is 4.90 Å². The zero-order chi connectivity index (χ0) is 18.2. The first-order chi connectivity index (χ1) is 13.3. The number of aryl methyl sites for hydroxylation is 2. The fraction of sp³-hybridized carbons (Fsp3) is 0.684. The third kappa shape index (κ3) is 3.43. The maximum absolute atomic E-state index is 5.43. The molecule has 2 saturated heterocycles. The summed E-state index contributed by atoms with van der Waals surface area (Å²) in [7, 11) is 2.12. The third-order valence-corrected chi connectivity index (χ3v) is 6.02. The summed E-state index contributed by atoms with van der Waals surface area (Å²) in [6, 6.07) is 2.71. The van der Waals surface area contributed by atoms with Crippen LogP contribution in [-0.2, 0) is 24.1 Å². The minimum atomic E-state index is 0.262. The zero-order valence-corrected chi connectivity index (χ0v) is 15.8. The molecule has 3 aliphatic rings. The second kappa shape index (κ2) is 7.16. The van der Waals surface area contributed by atoms with Crippen molar-refractivity contribution in [2.45, 2.75) is 50.6 Å². The van der Waals surface area contributed by atoms with Gasteiger partial charge in [0.05, 0.1) is 24.8 Å². The van der Waals surface area contributed by atoms with Gasteiger partial charge in [0, 0.05) is 25.7 Å². The fourth-order valence-corrected chi connectivity index (χ4v) is 4.13. The van der Waals surface area contributed by atoms with Crippen molar-refractivity contribution in [3.05, 3.63) is 29.0 Å². The van der Waals surface area contributed by atoms with E-state index in [2.05, 4.69) is 43.3 Å². The lowest BCUT2D eigenvalue weighted by Gasteiger charge is -2.44. The Labute approximate surface area is 158 Å². The number of nitrogens with zero attached hydrogens (tertiary/aromatic N) is 6. The lowest BCUT2D eigenvalue weighted by atomic mass is 9.96. The largest absolute Gasteiger partial charge is 0.381 e. The van der Waals surface area contributed by atoms with Crippen molar-refractivity contribution in [3.63, 3.8) is 0 Å². The highest BCUT2D eigenvalue weighted by Gasteiger charge is 2.32. The van der Waals surface area contributed by atoms with E-state index in [9.17, 15) is 0 Å². The molecule has 1 unspecified atom stereocenters. The van der Waals surface area contributed by atoms with Crippen LogP contribution in [0.5, 0.6) is 0 Å². The molecule has 0 aromatic carbocycles. The van der Waals surface area contributed by atoms with Crippen molar-refractivity contribution >= 4 is 5.82 Å². The van der Waals surface area contributed by atoms with Gasteiger partial charge in [-0.05, 0) is 50.8 Å². The number of hydrogen-bond donors (Lipinski definition) is 0. The molecule has 4 heterocycles. The molecule has 0 radical (unpaired) electrons. The molecule has 2 aromatic rings. The van der Waals surface area contributed by atoms with E-state index in [1.807, 2.05) is 0 Å². The highest BCUT2D eigenvalue weighted by atomic mass is 16.5. The molecule has 0 bridgehead atoms. The summed E-state index contributed by atoms with van der Waals surface area (Å²) >= 11 is 0. The first-order valence-corrected chi connectivity index (χ1v) is 9.97. The second-order valence-electron chi connectivity index (χ2n) is 7.96. The van der Waals surface area contributed by atoms with E-state index in [-0.39, 0.29) is 5.92 Å². The highest BCUT2D eigenvalue weighted by molar-refractivity contribution is 5.45. The Morgan fingerprint density at radius 2 is 2.11 bits per heavy atom. The average Bonchev–Trinajstić information content (AvgIpc) is 3.32. The molecule has 0 N–H and O–H groups in total. The van der Waals surface area contributed by atoms with Gasteiger partial charge in [0.1, 0.15) is 0 Å². The Balaban J connectivity index is 1.16. The van der Waals surface area contributed by atoms with Crippen LogP contribution in [0, 0.1) is 0 Å². The van der Waals surface area contributed by atoms with E-state index in [4.69, 9.17) is 9.26 Å². The molecule has 0 spiro atoms. The Hall–Kier alpha value is -2.06. The van der Waals surface area contributed by atoms with Crippen LogP contribution >= 0.6 is 0 Å². The van der Waals surface area contributed by atoms with Gasteiger partial charge < -0.3 is 14.2 Å². The second-order valence-corrected chi connectivity index (χ2v) is 7.96. The van der Waals surface area contributed by atoms with Crippen molar-refractivity contribution in [2.75, 3.05) is 38.3 Å². The minimum absolute atomic E-state index is 0.262. The summed E-state index contributed by atoms with van der Waals surface area (Å²) in [5, 5.41) is 13.0. The van der Waals surface area contributed by atoms with Gasteiger partial charge in [0.15, 0.2) is 11.6 Å². The normalized spacial score (nSPS) is 22.9. The first-order valence-electron chi connectivity index (χ1n) is 9.97. The summed E-state index contributed by atoms with van der Waals surface area (Å²) < 4.78 is 10.8. The van der Waals surface area contributed by atoms with E-state index >= 15 is 0 Å². The van der Waals surface area contributed by atoms with Crippen LogP contribution in [0.3, 0.4) is 0 Å². The Bertz CT molecular complexity index is 797. The van der Waals surface area contributed by atoms with Crippen LogP contribution < -0.4 is 4.90 Å². The average molecular weight is 370 g/mol. The van der Waals surface area contributed by atoms with Crippen LogP contribution in [0.25, 0.3) is 0 Å². The molecule has 2 aromatic heterocycles. The molecule has 8 nitrogen and oxygen atoms in total. The molecule has 144 valence electrons. The summed E-state index contributed by atoms with van der Waals surface area (Å²) in [6.07, 6.45) is 5.69. The highest BCUT2D eigenvalue weighted by Crippen LogP contribution is 2.27. The van der Waals surface area contributed by atoms with E-state index in [1.54, 1.807) is 0 Å². The zero-order valence-electron chi connectivity index (χ0n) is 15.8. The maximum atomic E-state index is 5.43. The van der Waals surface area contributed by atoms with Gasteiger partial charge in [-0.1, -0.05) is 5.16 Å². The summed E-state index contributed by atoms with van der Waals surface area (Å²) in [6.45, 7) is 4.10. The summed E-state index contributed by atoms with van der Waals surface area (Å²) in [4.78, 5) is 9.16. The van der Waals surface area contributed by atoms with Crippen LogP contribution in [0.1, 0.15) is 48.2 Å². The fourth-order valence-electron chi connectivity index (χ4n) is 4.13. The van der Waals surface area contributed by atoms with E-state index in [1.165, 1.54) is 24.1 Å². The molecule has 5 rings (SSSR count). The summed E-state index contributed by atoms with van der Waals surface area (Å²) in [5.74, 6) is 2.75. The topological polar surface area (TPSA) is 80.4 Å². The molecular weight excluding hydrogens is 344 g/mol. The van der Waals surface area contributed by atoms with E-state index < -0.39 is 0 Å². The van der Waals surface area contributed by atoms with Crippen LogP contribution in [-0.4, -0.2) is 64.6 Å². The van der Waals surface area contributed by atoms with Gasteiger partial charge in [-0.25, -0.2) is 0 Å². The Kier molecular flexibility index (Phi) is 4.53. The molecule has 8 heteroatoms. The molecule has 1 atom stereocenters. The van der Waals surface area contributed by atoms with E-state index in [0.29, 0.717) is 19.2 Å². The van der Waals surface area contributed by atoms with Crippen molar-refractivity contribution in [3.8, 4) is 0 Å². The van der Waals surface area contributed by atoms with Crippen molar-refractivity contribution in [1.82, 2.24) is 25.2 Å². The number of anilines is 1. The van der Waals surface area contributed by atoms with Crippen molar-refractivity contribution in [1.29, 1.82) is 0 Å². The van der Waals surface area contributed by atoms with Crippen LogP contribution in [0.4, 0.5) is 5.82 Å². The number of fused-ring (bicyclic) bond motifs is 1. The number of likely N-dealkylation sites (N-methyl/N-ethyl adjacent to an activating group) is 1. The molecule has 27 heavy (non-hydrogen) atoms. The smallest absolute Gasteiger partial charge is 0.232 e. The predicted molar refractivity (Wildman–Crippen MR) is 98.6 cm³/mol. The lowest BCUT2D eigenvalue weighted by molar-refractivity contribution is 0.187. The Morgan fingerprint density at radius 1 is 1.22 bits per heavy atom. The van der Waals surface area contributed by atoms with Crippen LogP contribution in [0.2, 0.25) is 0 Å². The third-order valence-electron chi connectivity index (χ3n) is 6.02. The molecule has 0 amide bonds. The van der Waals surface area contributed by atoms with Gasteiger partial charge in [-0.15, -0.1) is 5.10 Å². The Morgan fingerprint density at radius 3 is 2.96 bits per heavy atom. The van der Waals surface area contributed by atoms with Gasteiger partial charge in [0.2, 0.25) is 5.89 Å². The maximum Gasteiger partial charge on any atom is 0.232 e. The van der Waals surface area contributed by atoms with Crippen molar-refractivity contribution < 1.29 is 9.26 Å². The SMILES string of the molecule is CN(Cc1noc(C2CCOC2)n1)C1CN(c2cc3c(nn2)CCCC3)C1. The molecular formula is C19H26N6O2. The molecule has 2 fully saturated rings. The van der Waals surface area contributed by atoms with Gasteiger partial charge in [-0.2, -0.15) is 10.1 Å². The number of aromatic nitrogens is 4. The van der Waals surface area contributed by atoms with E-state index in [0.717, 1.165) is 56.5 Å².